The first-order valence-corrected chi connectivity index (χ1v) is 10.5. The van der Waals surface area contributed by atoms with Crippen molar-refractivity contribution in [2.75, 3.05) is 18.4 Å². The molecule has 0 aliphatic heterocycles. The summed E-state index contributed by atoms with van der Waals surface area (Å²) in [5.74, 6) is 0.685. The van der Waals surface area contributed by atoms with E-state index in [4.69, 9.17) is 0 Å². The third kappa shape index (κ3) is 4.28. The van der Waals surface area contributed by atoms with Crippen molar-refractivity contribution in [1.29, 1.82) is 0 Å². The number of rotatable bonds is 7. The first-order valence-electron chi connectivity index (χ1n) is 10.5. The number of nitrogens with one attached hydrogen (secondary N) is 1. The Morgan fingerprint density at radius 1 is 1.07 bits per heavy atom. The highest BCUT2D eigenvalue weighted by Crippen LogP contribution is 2.27. The fourth-order valence-electron chi connectivity index (χ4n) is 4.02. The van der Waals surface area contributed by atoms with Gasteiger partial charge in [-0.05, 0) is 56.9 Å². The minimum absolute atomic E-state index is 0.0157. The second-order valence-corrected chi connectivity index (χ2v) is 8.14. The molecular formula is C24H28N4O2. The largest absolute Gasteiger partial charge is 0.324 e. The van der Waals surface area contributed by atoms with Crippen LogP contribution < -0.4 is 5.32 Å². The summed E-state index contributed by atoms with van der Waals surface area (Å²) in [5, 5.41) is 3.06. The first kappa shape index (κ1) is 20.3. The molecule has 1 N–H and O–H groups in total. The van der Waals surface area contributed by atoms with Gasteiger partial charge < -0.3 is 5.32 Å². The van der Waals surface area contributed by atoms with E-state index in [2.05, 4.69) is 15.2 Å². The van der Waals surface area contributed by atoms with Gasteiger partial charge in [-0.3, -0.25) is 19.1 Å². The maximum atomic E-state index is 12.9. The molecule has 0 radical (unpaired) electrons. The van der Waals surface area contributed by atoms with E-state index in [9.17, 15) is 9.59 Å². The van der Waals surface area contributed by atoms with Gasteiger partial charge in [-0.2, -0.15) is 0 Å². The van der Waals surface area contributed by atoms with Gasteiger partial charge in [0.25, 0.3) is 0 Å². The first-order chi connectivity index (χ1) is 14.4. The molecule has 156 valence electrons. The highest BCUT2D eigenvalue weighted by Gasteiger charge is 2.31. The number of amides is 1. The molecule has 0 spiro atoms. The number of hydrogen-bond donors (Lipinski definition) is 1. The Morgan fingerprint density at radius 3 is 2.47 bits per heavy atom. The van der Waals surface area contributed by atoms with Crippen molar-refractivity contribution in [3.8, 4) is 0 Å². The van der Waals surface area contributed by atoms with Crippen LogP contribution in [-0.4, -0.2) is 45.4 Å². The summed E-state index contributed by atoms with van der Waals surface area (Å²) < 4.78 is 1.69. The van der Waals surface area contributed by atoms with Crippen LogP contribution in [0.25, 0.3) is 11.0 Å². The number of nitrogens with zero attached hydrogens (tertiary/aromatic N) is 3. The summed E-state index contributed by atoms with van der Waals surface area (Å²) in [6.45, 7) is 6.72. The number of para-hydroxylation sites is 3. The highest BCUT2D eigenvalue weighted by molar-refractivity contribution is 5.94. The number of aromatic nitrogens is 2. The minimum atomic E-state index is -0.0315. The van der Waals surface area contributed by atoms with E-state index in [1.807, 2.05) is 63.2 Å². The average Bonchev–Trinajstić information content (AvgIpc) is 3.49. The summed E-state index contributed by atoms with van der Waals surface area (Å²) in [7, 11) is 0. The Morgan fingerprint density at radius 2 is 1.77 bits per heavy atom. The fourth-order valence-corrected chi connectivity index (χ4v) is 4.02. The van der Waals surface area contributed by atoms with Crippen molar-refractivity contribution in [2.45, 2.75) is 46.1 Å². The molecule has 6 nitrogen and oxygen atoms in total. The molecule has 1 saturated carbocycles. The topological polar surface area (TPSA) is 67.2 Å². The van der Waals surface area contributed by atoms with E-state index in [0.29, 0.717) is 31.4 Å². The van der Waals surface area contributed by atoms with Gasteiger partial charge in [0.15, 0.2) is 0 Å². The van der Waals surface area contributed by atoms with Crippen molar-refractivity contribution >= 4 is 28.5 Å². The smallest absolute Gasteiger partial charge is 0.238 e. The van der Waals surface area contributed by atoms with E-state index in [1.165, 1.54) is 0 Å². The third-order valence-corrected chi connectivity index (χ3v) is 5.75. The van der Waals surface area contributed by atoms with Crippen molar-refractivity contribution in [2.24, 2.45) is 0 Å². The lowest BCUT2D eigenvalue weighted by Gasteiger charge is -2.22. The zero-order valence-corrected chi connectivity index (χ0v) is 17.8. The van der Waals surface area contributed by atoms with Gasteiger partial charge in [-0.1, -0.05) is 30.3 Å². The van der Waals surface area contributed by atoms with Crippen LogP contribution in [0.5, 0.6) is 0 Å². The number of carbonyl (C=O) groups excluding carboxylic acids is 2. The molecule has 1 amide bonds. The molecule has 0 unspecified atom stereocenters. The van der Waals surface area contributed by atoms with Gasteiger partial charge in [0.2, 0.25) is 11.8 Å². The van der Waals surface area contributed by atoms with E-state index in [-0.39, 0.29) is 11.8 Å². The van der Waals surface area contributed by atoms with Crippen LogP contribution in [-0.2, 0) is 4.79 Å². The second-order valence-electron chi connectivity index (χ2n) is 8.14. The normalized spacial score (nSPS) is 13.7. The molecule has 2 aromatic carbocycles. The molecule has 3 aromatic rings. The SMILES string of the molecule is Cc1cccc(C)c1NC(=O)CN(CCC(=O)n1c(C)nc2ccccc21)C1CC1. The predicted octanol–water partition coefficient (Wildman–Crippen LogP) is 4.09. The van der Waals surface area contributed by atoms with Crippen molar-refractivity contribution in [3.63, 3.8) is 0 Å². The summed E-state index contributed by atoms with van der Waals surface area (Å²) in [5.41, 5.74) is 4.66. The Hall–Kier alpha value is -2.99. The van der Waals surface area contributed by atoms with Gasteiger partial charge in [-0.25, -0.2) is 4.98 Å². The molecule has 4 rings (SSSR count). The molecule has 1 fully saturated rings. The van der Waals surface area contributed by atoms with Gasteiger partial charge in [-0.15, -0.1) is 0 Å². The quantitative estimate of drug-likeness (QED) is 0.644. The maximum Gasteiger partial charge on any atom is 0.238 e. The molecule has 6 heteroatoms. The Balaban J connectivity index is 1.41. The number of anilines is 1. The molecule has 0 atom stereocenters. The predicted molar refractivity (Wildman–Crippen MR) is 119 cm³/mol. The van der Waals surface area contributed by atoms with Crippen LogP contribution in [0.4, 0.5) is 5.69 Å². The van der Waals surface area contributed by atoms with Crippen molar-refractivity contribution < 1.29 is 9.59 Å². The van der Waals surface area contributed by atoms with Crippen molar-refractivity contribution in [1.82, 2.24) is 14.5 Å². The lowest BCUT2D eigenvalue weighted by atomic mass is 10.1. The number of aryl methyl sites for hydroxylation is 3. The molecular weight excluding hydrogens is 376 g/mol. The molecule has 1 aliphatic carbocycles. The van der Waals surface area contributed by atoms with Crippen LogP contribution in [0, 0.1) is 20.8 Å². The lowest BCUT2D eigenvalue weighted by Crippen LogP contribution is -2.37. The second kappa shape index (κ2) is 8.40. The highest BCUT2D eigenvalue weighted by atomic mass is 16.2. The Labute approximate surface area is 176 Å². The van der Waals surface area contributed by atoms with E-state index in [1.54, 1.807) is 4.57 Å². The zero-order valence-electron chi connectivity index (χ0n) is 17.8. The minimum Gasteiger partial charge on any atom is -0.324 e. The maximum absolute atomic E-state index is 12.9. The van der Waals surface area contributed by atoms with Crippen LogP contribution >= 0.6 is 0 Å². The number of fused-ring (bicyclic) bond motifs is 1. The van der Waals surface area contributed by atoms with Gasteiger partial charge >= 0.3 is 0 Å². The van der Waals surface area contributed by atoms with Gasteiger partial charge in [0, 0.05) is 24.7 Å². The number of imidazole rings is 1. The summed E-state index contributed by atoms with van der Waals surface area (Å²) in [6, 6.07) is 14.1. The fraction of sp³-hybridized carbons (Fsp3) is 0.375. The Bertz CT molecular complexity index is 1080. The van der Waals surface area contributed by atoms with Crippen LogP contribution in [0.3, 0.4) is 0 Å². The number of carbonyl (C=O) groups is 2. The monoisotopic (exact) mass is 404 g/mol. The standard InChI is InChI=1S/C24H28N4O2/c1-16-7-6-8-17(2)24(16)26-22(29)15-27(19-11-12-19)14-13-23(30)28-18(3)25-20-9-4-5-10-21(20)28/h4-10,19H,11-15H2,1-3H3,(H,26,29). The zero-order chi connectivity index (χ0) is 21.3. The third-order valence-electron chi connectivity index (χ3n) is 5.75. The molecule has 1 aliphatic rings. The van der Waals surface area contributed by atoms with Gasteiger partial charge in [0.1, 0.15) is 5.82 Å². The lowest BCUT2D eigenvalue weighted by molar-refractivity contribution is -0.117. The number of hydrogen-bond acceptors (Lipinski definition) is 4. The molecule has 0 saturated heterocycles. The van der Waals surface area contributed by atoms with E-state index >= 15 is 0 Å². The summed E-state index contributed by atoms with van der Waals surface area (Å²) in [4.78, 5) is 32.3. The Kier molecular flexibility index (Phi) is 5.68. The molecule has 0 bridgehead atoms. The molecule has 30 heavy (non-hydrogen) atoms. The van der Waals surface area contributed by atoms with Crippen molar-refractivity contribution in [3.05, 3.63) is 59.4 Å². The van der Waals surface area contributed by atoms with E-state index < -0.39 is 0 Å². The summed E-state index contributed by atoms with van der Waals surface area (Å²) in [6.07, 6.45) is 2.52. The van der Waals surface area contributed by atoms with Crippen LogP contribution in [0.15, 0.2) is 42.5 Å². The molecule has 1 aromatic heterocycles. The van der Waals surface area contributed by atoms with Crippen LogP contribution in [0.1, 0.15) is 41.0 Å². The summed E-state index contributed by atoms with van der Waals surface area (Å²) >= 11 is 0. The molecule has 1 heterocycles. The van der Waals surface area contributed by atoms with E-state index in [0.717, 1.165) is 40.7 Å². The van der Waals surface area contributed by atoms with Crippen LogP contribution in [0.2, 0.25) is 0 Å². The van der Waals surface area contributed by atoms with Gasteiger partial charge in [0.05, 0.1) is 17.6 Å². The number of benzene rings is 2. The average molecular weight is 405 g/mol.